The van der Waals surface area contributed by atoms with Crippen LogP contribution in [0.4, 0.5) is 4.79 Å². The van der Waals surface area contributed by atoms with E-state index in [0.29, 0.717) is 13.1 Å². The third-order valence-electron chi connectivity index (χ3n) is 4.70. The largest absolute Gasteiger partial charge is 0.379 e. The maximum absolute atomic E-state index is 12.2. The van der Waals surface area contributed by atoms with E-state index in [-0.39, 0.29) is 12.1 Å². The summed E-state index contributed by atoms with van der Waals surface area (Å²) < 4.78 is 5.48. The average Bonchev–Trinajstić information content (AvgIpc) is 2.69. The van der Waals surface area contributed by atoms with E-state index in [9.17, 15) is 4.79 Å². The fourth-order valence-electron chi connectivity index (χ4n) is 3.17. The van der Waals surface area contributed by atoms with Crippen molar-refractivity contribution in [3.63, 3.8) is 0 Å². The number of urea groups is 1. The van der Waals surface area contributed by atoms with Crippen molar-refractivity contribution in [2.45, 2.75) is 19.5 Å². The first-order valence-electron chi connectivity index (χ1n) is 9.16. The molecule has 3 rings (SSSR count). The number of hydrogen-bond acceptors (Lipinski definition) is 3. The summed E-state index contributed by atoms with van der Waals surface area (Å²) >= 11 is 0. The Labute approximate surface area is 155 Å². The van der Waals surface area contributed by atoms with Crippen LogP contribution in [0.5, 0.6) is 0 Å². The van der Waals surface area contributed by atoms with Crippen LogP contribution in [0, 0.1) is 6.92 Å². The van der Waals surface area contributed by atoms with Gasteiger partial charge in [0.25, 0.3) is 0 Å². The van der Waals surface area contributed by atoms with Gasteiger partial charge in [-0.05, 0) is 18.1 Å². The predicted octanol–water partition coefficient (Wildman–Crippen LogP) is 2.87. The van der Waals surface area contributed by atoms with Gasteiger partial charge < -0.3 is 15.4 Å². The number of carbonyl (C=O) groups is 1. The third-order valence-corrected chi connectivity index (χ3v) is 4.70. The van der Waals surface area contributed by atoms with Crippen molar-refractivity contribution >= 4 is 6.03 Å². The topological polar surface area (TPSA) is 53.6 Å². The summed E-state index contributed by atoms with van der Waals surface area (Å²) in [5.74, 6) is 0. The van der Waals surface area contributed by atoms with Crippen LogP contribution in [-0.2, 0) is 11.3 Å². The number of benzene rings is 2. The van der Waals surface area contributed by atoms with Crippen LogP contribution in [0.2, 0.25) is 0 Å². The number of ether oxygens (including phenoxy) is 1. The molecule has 5 nitrogen and oxygen atoms in total. The van der Waals surface area contributed by atoms with Gasteiger partial charge in [0.1, 0.15) is 0 Å². The number of nitrogens with one attached hydrogen (secondary N) is 2. The lowest BCUT2D eigenvalue weighted by Gasteiger charge is -2.35. The third kappa shape index (κ3) is 5.31. The highest BCUT2D eigenvalue weighted by Crippen LogP contribution is 2.21. The molecule has 0 radical (unpaired) electrons. The molecule has 1 saturated heterocycles. The molecule has 26 heavy (non-hydrogen) atoms. The highest BCUT2D eigenvalue weighted by atomic mass is 16.5. The Kier molecular flexibility index (Phi) is 6.63. The second-order valence-electron chi connectivity index (χ2n) is 6.62. The zero-order valence-corrected chi connectivity index (χ0v) is 15.3. The SMILES string of the molecule is Cc1ccc(C(CNC(=O)NCc2ccccc2)N2CCOCC2)cc1. The quantitative estimate of drug-likeness (QED) is 0.840. The van der Waals surface area contributed by atoms with Crippen LogP contribution < -0.4 is 10.6 Å². The maximum atomic E-state index is 12.2. The highest BCUT2D eigenvalue weighted by Gasteiger charge is 2.23. The van der Waals surface area contributed by atoms with Crippen molar-refractivity contribution < 1.29 is 9.53 Å². The van der Waals surface area contributed by atoms with Gasteiger partial charge in [-0.25, -0.2) is 4.79 Å². The average molecular weight is 353 g/mol. The summed E-state index contributed by atoms with van der Waals surface area (Å²) in [5.41, 5.74) is 3.55. The molecule has 0 bridgehead atoms. The summed E-state index contributed by atoms with van der Waals surface area (Å²) in [7, 11) is 0. The van der Waals surface area contributed by atoms with Gasteiger partial charge in [0.15, 0.2) is 0 Å². The number of carbonyl (C=O) groups excluding carboxylic acids is 1. The van der Waals surface area contributed by atoms with E-state index in [1.165, 1.54) is 11.1 Å². The van der Waals surface area contributed by atoms with E-state index in [4.69, 9.17) is 4.74 Å². The molecule has 2 aromatic carbocycles. The van der Waals surface area contributed by atoms with E-state index in [2.05, 4.69) is 46.7 Å². The molecule has 2 aromatic rings. The van der Waals surface area contributed by atoms with Crippen LogP contribution in [0.15, 0.2) is 54.6 Å². The van der Waals surface area contributed by atoms with Crippen molar-refractivity contribution in [3.8, 4) is 0 Å². The minimum Gasteiger partial charge on any atom is -0.379 e. The molecule has 5 heteroatoms. The summed E-state index contributed by atoms with van der Waals surface area (Å²) in [5, 5.41) is 5.96. The Morgan fingerprint density at radius 1 is 1.04 bits per heavy atom. The molecule has 0 aliphatic carbocycles. The van der Waals surface area contributed by atoms with Crippen molar-refractivity contribution in [1.29, 1.82) is 0 Å². The summed E-state index contributed by atoms with van der Waals surface area (Å²) in [4.78, 5) is 14.6. The molecule has 2 amide bonds. The Morgan fingerprint density at radius 2 is 1.73 bits per heavy atom. The van der Waals surface area contributed by atoms with Gasteiger partial charge in [-0.1, -0.05) is 60.2 Å². The van der Waals surface area contributed by atoms with Gasteiger partial charge in [0.2, 0.25) is 0 Å². The maximum Gasteiger partial charge on any atom is 0.315 e. The molecular formula is C21H27N3O2. The summed E-state index contributed by atoms with van der Waals surface area (Å²) in [6, 6.07) is 18.5. The molecule has 1 fully saturated rings. The Hall–Kier alpha value is -2.37. The standard InChI is InChI=1S/C21H27N3O2/c1-17-7-9-19(10-8-17)20(24-11-13-26-14-12-24)16-23-21(25)22-15-18-5-3-2-4-6-18/h2-10,20H,11-16H2,1H3,(H2,22,23,25). The van der Waals surface area contributed by atoms with Gasteiger partial charge in [-0.2, -0.15) is 0 Å². The van der Waals surface area contributed by atoms with Gasteiger partial charge in [0.05, 0.1) is 19.3 Å². The normalized spacial score (nSPS) is 16.0. The Morgan fingerprint density at radius 3 is 2.42 bits per heavy atom. The molecule has 0 aromatic heterocycles. The first-order valence-corrected chi connectivity index (χ1v) is 9.16. The molecule has 138 valence electrons. The van der Waals surface area contributed by atoms with Gasteiger partial charge in [0, 0.05) is 26.2 Å². The summed E-state index contributed by atoms with van der Waals surface area (Å²) in [6.45, 7) is 6.43. The molecule has 0 spiro atoms. The lowest BCUT2D eigenvalue weighted by atomic mass is 10.0. The molecule has 1 unspecified atom stereocenters. The first-order chi connectivity index (χ1) is 12.7. The lowest BCUT2D eigenvalue weighted by Crippen LogP contribution is -2.45. The van der Waals surface area contributed by atoms with Crippen molar-refractivity contribution in [2.75, 3.05) is 32.8 Å². The van der Waals surface area contributed by atoms with Crippen LogP contribution >= 0.6 is 0 Å². The number of amides is 2. The van der Waals surface area contributed by atoms with Crippen LogP contribution in [0.25, 0.3) is 0 Å². The molecule has 1 heterocycles. The van der Waals surface area contributed by atoms with Gasteiger partial charge in [-0.15, -0.1) is 0 Å². The number of aryl methyl sites for hydroxylation is 1. The fourth-order valence-corrected chi connectivity index (χ4v) is 3.17. The predicted molar refractivity (Wildman–Crippen MR) is 103 cm³/mol. The Balaban J connectivity index is 1.58. The second-order valence-corrected chi connectivity index (χ2v) is 6.62. The minimum absolute atomic E-state index is 0.140. The van der Waals surface area contributed by atoms with Crippen molar-refractivity contribution in [2.24, 2.45) is 0 Å². The smallest absolute Gasteiger partial charge is 0.315 e. The number of rotatable bonds is 6. The lowest BCUT2D eigenvalue weighted by molar-refractivity contribution is 0.0167. The number of hydrogen-bond donors (Lipinski definition) is 2. The monoisotopic (exact) mass is 353 g/mol. The summed E-state index contributed by atoms with van der Waals surface area (Å²) in [6.07, 6.45) is 0. The molecule has 1 atom stereocenters. The van der Waals surface area contributed by atoms with E-state index >= 15 is 0 Å². The molecular weight excluding hydrogens is 326 g/mol. The van der Waals surface area contributed by atoms with E-state index < -0.39 is 0 Å². The molecule has 0 saturated carbocycles. The van der Waals surface area contributed by atoms with Crippen LogP contribution in [-0.4, -0.2) is 43.8 Å². The number of morpholine rings is 1. The Bertz CT molecular complexity index is 682. The van der Waals surface area contributed by atoms with Crippen molar-refractivity contribution in [1.82, 2.24) is 15.5 Å². The minimum atomic E-state index is -0.140. The molecule has 1 aliphatic rings. The highest BCUT2D eigenvalue weighted by molar-refractivity contribution is 5.73. The van der Waals surface area contributed by atoms with Gasteiger partial charge >= 0.3 is 6.03 Å². The first kappa shape index (κ1) is 18.4. The van der Waals surface area contributed by atoms with E-state index in [1.807, 2.05) is 30.3 Å². The molecule has 1 aliphatic heterocycles. The van der Waals surface area contributed by atoms with E-state index in [0.717, 1.165) is 31.9 Å². The zero-order chi connectivity index (χ0) is 18.2. The van der Waals surface area contributed by atoms with E-state index in [1.54, 1.807) is 0 Å². The number of nitrogens with zero attached hydrogens (tertiary/aromatic N) is 1. The zero-order valence-electron chi connectivity index (χ0n) is 15.3. The van der Waals surface area contributed by atoms with Crippen LogP contribution in [0.3, 0.4) is 0 Å². The molecule has 2 N–H and O–H groups in total. The fraction of sp³-hybridized carbons (Fsp3) is 0.381. The van der Waals surface area contributed by atoms with Crippen LogP contribution in [0.1, 0.15) is 22.7 Å². The second kappa shape index (κ2) is 9.36. The van der Waals surface area contributed by atoms with Gasteiger partial charge in [-0.3, -0.25) is 4.90 Å². The van der Waals surface area contributed by atoms with Crippen molar-refractivity contribution in [3.05, 3.63) is 71.3 Å².